The summed E-state index contributed by atoms with van der Waals surface area (Å²) in [5.74, 6) is -0.0317. The van der Waals surface area contributed by atoms with Crippen molar-refractivity contribution in [3.8, 4) is 0 Å². The molecule has 0 N–H and O–H groups in total. The van der Waals surface area contributed by atoms with Gasteiger partial charge in [0.25, 0.3) is 0 Å². The molecule has 3 atom stereocenters. The minimum absolute atomic E-state index is 0.00128. The molecule has 0 aliphatic carbocycles. The summed E-state index contributed by atoms with van der Waals surface area (Å²) in [7, 11) is 0. The van der Waals surface area contributed by atoms with Gasteiger partial charge in [0.05, 0.1) is 12.5 Å². The van der Waals surface area contributed by atoms with E-state index in [4.69, 9.17) is 4.74 Å². The summed E-state index contributed by atoms with van der Waals surface area (Å²) < 4.78 is 5.28. The van der Waals surface area contributed by atoms with Crippen LogP contribution in [0.1, 0.15) is 51.6 Å². The van der Waals surface area contributed by atoms with E-state index in [0.29, 0.717) is 18.7 Å². The third kappa shape index (κ3) is 3.65. The first-order valence-corrected chi connectivity index (χ1v) is 8.16. The van der Waals surface area contributed by atoms with Crippen LogP contribution in [0.2, 0.25) is 0 Å². The second-order valence-electron chi connectivity index (χ2n) is 5.80. The zero-order chi connectivity index (χ0) is 15.2. The lowest BCUT2D eigenvalue weighted by Gasteiger charge is -2.34. The molecule has 1 aliphatic heterocycles. The van der Waals surface area contributed by atoms with Crippen molar-refractivity contribution in [1.82, 2.24) is 4.90 Å². The smallest absolute Gasteiger partial charge is 0.310 e. The van der Waals surface area contributed by atoms with Crippen molar-refractivity contribution in [1.29, 1.82) is 0 Å². The van der Waals surface area contributed by atoms with Gasteiger partial charge < -0.3 is 4.74 Å². The molecule has 3 heteroatoms. The number of rotatable bonds is 6. The molecule has 116 valence electrons. The van der Waals surface area contributed by atoms with Gasteiger partial charge in [0.1, 0.15) is 0 Å². The number of likely N-dealkylation sites (tertiary alicyclic amines) is 1. The number of benzene rings is 1. The van der Waals surface area contributed by atoms with Gasteiger partial charge in [-0.15, -0.1) is 0 Å². The first kappa shape index (κ1) is 16.0. The van der Waals surface area contributed by atoms with Crippen LogP contribution in [0, 0.1) is 5.92 Å². The van der Waals surface area contributed by atoms with Gasteiger partial charge in [-0.2, -0.15) is 0 Å². The fraction of sp³-hybridized carbons (Fsp3) is 0.611. The van der Waals surface area contributed by atoms with Crippen molar-refractivity contribution >= 4 is 5.97 Å². The van der Waals surface area contributed by atoms with Gasteiger partial charge >= 0.3 is 5.97 Å². The highest BCUT2D eigenvalue weighted by molar-refractivity contribution is 5.73. The first-order valence-electron chi connectivity index (χ1n) is 8.16. The van der Waals surface area contributed by atoms with Crippen LogP contribution in [0.15, 0.2) is 30.3 Å². The average molecular weight is 289 g/mol. The van der Waals surface area contributed by atoms with Crippen LogP contribution < -0.4 is 0 Å². The fourth-order valence-corrected chi connectivity index (χ4v) is 3.50. The lowest BCUT2D eigenvalue weighted by atomic mass is 9.93. The Labute approximate surface area is 128 Å². The highest BCUT2D eigenvalue weighted by Gasteiger charge is 2.37. The Morgan fingerprint density at radius 2 is 2.05 bits per heavy atom. The Hall–Kier alpha value is -1.35. The Bertz CT molecular complexity index is 446. The number of hydrogen-bond donors (Lipinski definition) is 0. The van der Waals surface area contributed by atoms with Crippen molar-refractivity contribution in [3.05, 3.63) is 35.9 Å². The van der Waals surface area contributed by atoms with Crippen molar-refractivity contribution < 1.29 is 9.53 Å². The summed E-state index contributed by atoms with van der Waals surface area (Å²) in [5.41, 5.74) is 1.32. The molecule has 1 saturated heterocycles. The Balaban J connectivity index is 2.13. The molecule has 3 nitrogen and oxygen atoms in total. The third-order valence-corrected chi connectivity index (χ3v) is 4.62. The van der Waals surface area contributed by atoms with Crippen LogP contribution >= 0.6 is 0 Å². The van der Waals surface area contributed by atoms with E-state index >= 15 is 0 Å². The molecule has 0 spiro atoms. The van der Waals surface area contributed by atoms with Gasteiger partial charge in [-0.3, -0.25) is 9.69 Å². The van der Waals surface area contributed by atoms with Crippen LogP contribution in [0.25, 0.3) is 0 Å². The molecule has 1 aliphatic rings. The highest BCUT2D eigenvalue weighted by atomic mass is 16.5. The topological polar surface area (TPSA) is 29.5 Å². The first-order chi connectivity index (χ1) is 10.2. The molecule has 1 aromatic rings. The molecular formula is C18H27NO2. The molecule has 0 aromatic heterocycles. The van der Waals surface area contributed by atoms with Crippen molar-refractivity contribution in [2.24, 2.45) is 5.92 Å². The molecule has 2 rings (SSSR count). The van der Waals surface area contributed by atoms with E-state index in [-0.39, 0.29) is 11.9 Å². The number of esters is 1. The number of carbonyl (C=O) groups is 1. The summed E-state index contributed by atoms with van der Waals surface area (Å²) in [6.45, 7) is 7.74. The SMILES string of the molecule is CCOC(=O)[C@H](CC)[C@@H]1CCCN1[C@@H](C)c1ccccc1. The second-order valence-corrected chi connectivity index (χ2v) is 5.80. The fourth-order valence-electron chi connectivity index (χ4n) is 3.50. The van der Waals surface area contributed by atoms with E-state index in [0.717, 1.165) is 25.8 Å². The minimum atomic E-state index is -0.0304. The van der Waals surface area contributed by atoms with E-state index in [9.17, 15) is 4.79 Å². The number of ether oxygens (including phenoxy) is 1. The van der Waals surface area contributed by atoms with E-state index in [1.165, 1.54) is 5.56 Å². The average Bonchev–Trinajstić information content (AvgIpc) is 2.98. The zero-order valence-electron chi connectivity index (χ0n) is 13.4. The van der Waals surface area contributed by atoms with E-state index < -0.39 is 0 Å². The van der Waals surface area contributed by atoms with E-state index in [1.807, 2.05) is 13.0 Å². The summed E-state index contributed by atoms with van der Waals surface area (Å²) in [6.07, 6.45) is 3.10. The molecular weight excluding hydrogens is 262 g/mol. The molecule has 0 radical (unpaired) electrons. The molecule has 1 aromatic carbocycles. The standard InChI is InChI=1S/C18H27NO2/c1-4-16(18(20)21-5-2)17-12-9-13-19(17)14(3)15-10-7-6-8-11-15/h6-8,10-11,14,16-17H,4-5,9,12-13H2,1-3H3/t14-,16+,17-/m0/s1. The second kappa shape index (κ2) is 7.60. The van der Waals surface area contributed by atoms with E-state index in [1.54, 1.807) is 0 Å². The minimum Gasteiger partial charge on any atom is -0.466 e. The number of carbonyl (C=O) groups excluding carboxylic acids is 1. The Morgan fingerprint density at radius 1 is 1.33 bits per heavy atom. The van der Waals surface area contributed by atoms with Crippen LogP contribution in [0.5, 0.6) is 0 Å². The largest absolute Gasteiger partial charge is 0.466 e. The third-order valence-electron chi connectivity index (χ3n) is 4.62. The predicted molar refractivity (Wildman–Crippen MR) is 85.0 cm³/mol. The quantitative estimate of drug-likeness (QED) is 0.746. The van der Waals surface area contributed by atoms with Gasteiger partial charge in [-0.05, 0) is 45.2 Å². The Kier molecular flexibility index (Phi) is 5.80. The van der Waals surface area contributed by atoms with Crippen molar-refractivity contribution in [2.45, 2.75) is 52.1 Å². The van der Waals surface area contributed by atoms with Crippen molar-refractivity contribution in [3.63, 3.8) is 0 Å². The lowest BCUT2D eigenvalue weighted by molar-refractivity contribution is -0.150. The Morgan fingerprint density at radius 3 is 2.67 bits per heavy atom. The lowest BCUT2D eigenvalue weighted by Crippen LogP contribution is -2.41. The van der Waals surface area contributed by atoms with Gasteiger partial charge in [0.15, 0.2) is 0 Å². The van der Waals surface area contributed by atoms with Gasteiger partial charge in [-0.25, -0.2) is 0 Å². The normalized spacial score (nSPS) is 22.0. The molecule has 1 heterocycles. The number of hydrogen-bond acceptors (Lipinski definition) is 3. The predicted octanol–water partition coefficient (Wildman–Crippen LogP) is 3.80. The summed E-state index contributed by atoms with van der Waals surface area (Å²) >= 11 is 0. The molecule has 0 bridgehead atoms. The van der Waals surface area contributed by atoms with Crippen molar-refractivity contribution in [2.75, 3.05) is 13.2 Å². The molecule has 0 unspecified atom stereocenters. The van der Waals surface area contributed by atoms with Crippen LogP contribution in [-0.2, 0) is 9.53 Å². The summed E-state index contributed by atoms with van der Waals surface area (Å²) in [6, 6.07) is 11.2. The van der Waals surface area contributed by atoms with E-state index in [2.05, 4.69) is 43.0 Å². The molecule has 0 saturated carbocycles. The molecule has 21 heavy (non-hydrogen) atoms. The molecule has 0 amide bonds. The summed E-state index contributed by atoms with van der Waals surface area (Å²) in [5, 5.41) is 0. The van der Waals surface area contributed by atoms with Crippen LogP contribution in [-0.4, -0.2) is 30.1 Å². The number of nitrogens with zero attached hydrogens (tertiary/aromatic N) is 1. The van der Waals surface area contributed by atoms with Gasteiger partial charge in [-0.1, -0.05) is 37.3 Å². The molecule has 1 fully saturated rings. The van der Waals surface area contributed by atoms with Gasteiger partial charge in [0, 0.05) is 12.1 Å². The van der Waals surface area contributed by atoms with Crippen LogP contribution in [0.4, 0.5) is 0 Å². The maximum atomic E-state index is 12.2. The maximum absolute atomic E-state index is 12.2. The van der Waals surface area contributed by atoms with Crippen LogP contribution in [0.3, 0.4) is 0 Å². The zero-order valence-corrected chi connectivity index (χ0v) is 13.4. The summed E-state index contributed by atoms with van der Waals surface area (Å²) in [4.78, 5) is 14.7. The van der Waals surface area contributed by atoms with Gasteiger partial charge in [0.2, 0.25) is 0 Å². The highest BCUT2D eigenvalue weighted by Crippen LogP contribution is 2.34. The monoisotopic (exact) mass is 289 g/mol. The maximum Gasteiger partial charge on any atom is 0.310 e.